The van der Waals surface area contributed by atoms with Crippen molar-refractivity contribution in [1.82, 2.24) is 0 Å². The van der Waals surface area contributed by atoms with Crippen molar-refractivity contribution in [3.8, 4) is 5.75 Å². The van der Waals surface area contributed by atoms with E-state index in [0.29, 0.717) is 11.4 Å². The second-order valence-corrected chi connectivity index (χ2v) is 5.19. The Labute approximate surface area is 124 Å². The fraction of sp³-hybridized carbons (Fsp3) is 0.235. The Balaban J connectivity index is 1.97. The van der Waals surface area contributed by atoms with Crippen LogP contribution in [0.4, 0.5) is 11.4 Å². The van der Waals surface area contributed by atoms with Gasteiger partial charge in [-0.05, 0) is 56.2 Å². The lowest BCUT2D eigenvalue weighted by atomic mass is 10.1. The fourth-order valence-corrected chi connectivity index (χ4v) is 2.30. The summed E-state index contributed by atoms with van der Waals surface area (Å²) in [4.78, 5) is 11.9. The largest absolute Gasteiger partial charge is 0.483 e. The van der Waals surface area contributed by atoms with Gasteiger partial charge in [0.05, 0.1) is 0 Å². The number of ether oxygens (including phenoxy) is 1. The van der Waals surface area contributed by atoms with Crippen molar-refractivity contribution < 1.29 is 9.53 Å². The van der Waals surface area contributed by atoms with Gasteiger partial charge in [-0.25, -0.2) is 0 Å². The minimum Gasteiger partial charge on any atom is -0.483 e. The van der Waals surface area contributed by atoms with Gasteiger partial charge in [0.15, 0.2) is 6.61 Å². The lowest BCUT2D eigenvalue weighted by molar-refractivity contribution is -0.118. The SMILES string of the molecule is Cc1cc(C)c(OCC(=O)Nc2ccc(N)cc2)c(C)c1. The van der Waals surface area contributed by atoms with Gasteiger partial charge in [-0.3, -0.25) is 4.79 Å². The molecule has 0 aliphatic heterocycles. The zero-order valence-corrected chi connectivity index (χ0v) is 12.6. The summed E-state index contributed by atoms with van der Waals surface area (Å²) in [5, 5.41) is 2.77. The Morgan fingerprint density at radius 3 is 2.24 bits per heavy atom. The molecule has 2 rings (SSSR count). The maximum Gasteiger partial charge on any atom is 0.262 e. The Morgan fingerprint density at radius 2 is 1.67 bits per heavy atom. The van der Waals surface area contributed by atoms with Crippen LogP contribution in [0.1, 0.15) is 16.7 Å². The highest BCUT2D eigenvalue weighted by Gasteiger charge is 2.08. The average molecular weight is 284 g/mol. The van der Waals surface area contributed by atoms with E-state index in [2.05, 4.69) is 5.32 Å². The first kappa shape index (κ1) is 14.9. The van der Waals surface area contributed by atoms with Gasteiger partial charge < -0.3 is 15.8 Å². The number of benzene rings is 2. The van der Waals surface area contributed by atoms with Gasteiger partial charge in [-0.15, -0.1) is 0 Å². The van der Waals surface area contributed by atoms with Crippen LogP contribution in [0.5, 0.6) is 5.75 Å². The van der Waals surface area contributed by atoms with E-state index in [-0.39, 0.29) is 12.5 Å². The van der Waals surface area contributed by atoms with Gasteiger partial charge in [-0.1, -0.05) is 17.7 Å². The normalized spacial score (nSPS) is 10.2. The molecule has 3 N–H and O–H groups in total. The molecule has 0 saturated carbocycles. The lowest BCUT2D eigenvalue weighted by Crippen LogP contribution is -2.20. The summed E-state index contributed by atoms with van der Waals surface area (Å²) < 4.78 is 5.64. The molecule has 2 aromatic carbocycles. The Hall–Kier alpha value is -2.49. The summed E-state index contributed by atoms with van der Waals surface area (Å²) in [6, 6.07) is 11.1. The predicted molar refractivity (Wildman–Crippen MR) is 85.6 cm³/mol. The average Bonchev–Trinajstić information content (AvgIpc) is 2.40. The number of carbonyl (C=O) groups excluding carboxylic acids is 1. The van der Waals surface area contributed by atoms with E-state index in [1.165, 1.54) is 5.56 Å². The summed E-state index contributed by atoms with van der Waals surface area (Å²) in [6.07, 6.45) is 0. The van der Waals surface area contributed by atoms with Crippen LogP contribution in [0.15, 0.2) is 36.4 Å². The highest BCUT2D eigenvalue weighted by atomic mass is 16.5. The van der Waals surface area contributed by atoms with Gasteiger partial charge in [0.25, 0.3) is 5.91 Å². The van der Waals surface area contributed by atoms with Crippen molar-refractivity contribution in [1.29, 1.82) is 0 Å². The minimum absolute atomic E-state index is 0.0187. The summed E-state index contributed by atoms with van der Waals surface area (Å²) in [5.41, 5.74) is 10.2. The van der Waals surface area contributed by atoms with Crippen molar-refractivity contribution in [2.45, 2.75) is 20.8 Å². The summed E-state index contributed by atoms with van der Waals surface area (Å²) >= 11 is 0. The number of anilines is 2. The molecule has 0 fully saturated rings. The molecule has 0 aliphatic rings. The number of carbonyl (C=O) groups is 1. The van der Waals surface area contributed by atoms with Crippen LogP contribution in [0, 0.1) is 20.8 Å². The third-order valence-corrected chi connectivity index (χ3v) is 3.15. The van der Waals surface area contributed by atoms with E-state index in [4.69, 9.17) is 10.5 Å². The molecule has 0 heterocycles. The molecule has 0 aliphatic carbocycles. The standard InChI is InChI=1S/C17H20N2O2/c1-11-8-12(2)17(13(3)9-11)21-10-16(20)19-15-6-4-14(18)5-7-15/h4-9H,10,18H2,1-3H3,(H,19,20). The molecule has 0 radical (unpaired) electrons. The molecule has 0 unspecified atom stereocenters. The molecular weight excluding hydrogens is 264 g/mol. The summed E-state index contributed by atoms with van der Waals surface area (Å²) in [7, 11) is 0. The van der Waals surface area contributed by atoms with Gasteiger partial charge >= 0.3 is 0 Å². The highest BCUT2D eigenvalue weighted by molar-refractivity contribution is 5.92. The van der Waals surface area contributed by atoms with Gasteiger partial charge in [0.2, 0.25) is 0 Å². The molecular formula is C17H20N2O2. The summed E-state index contributed by atoms with van der Waals surface area (Å²) in [5.74, 6) is 0.576. The Morgan fingerprint density at radius 1 is 1.10 bits per heavy atom. The third kappa shape index (κ3) is 3.99. The number of amides is 1. The van der Waals surface area contributed by atoms with E-state index in [1.807, 2.05) is 32.9 Å². The molecule has 110 valence electrons. The van der Waals surface area contributed by atoms with Gasteiger partial charge in [0, 0.05) is 11.4 Å². The zero-order chi connectivity index (χ0) is 15.4. The van der Waals surface area contributed by atoms with Crippen LogP contribution in [-0.2, 0) is 4.79 Å². The Kier molecular flexibility index (Phi) is 4.48. The first-order chi connectivity index (χ1) is 9.95. The van der Waals surface area contributed by atoms with Crippen LogP contribution in [0.25, 0.3) is 0 Å². The second-order valence-electron chi connectivity index (χ2n) is 5.19. The van der Waals surface area contributed by atoms with E-state index in [9.17, 15) is 4.79 Å². The van der Waals surface area contributed by atoms with Crippen LogP contribution in [0.2, 0.25) is 0 Å². The molecule has 0 bridgehead atoms. The smallest absolute Gasteiger partial charge is 0.262 e. The van der Waals surface area contributed by atoms with Crippen molar-refractivity contribution in [3.63, 3.8) is 0 Å². The monoisotopic (exact) mass is 284 g/mol. The fourth-order valence-electron chi connectivity index (χ4n) is 2.30. The molecule has 0 spiro atoms. The minimum atomic E-state index is -0.195. The predicted octanol–water partition coefficient (Wildman–Crippen LogP) is 3.21. The van der Waals surface area contributed by atoms with Crippen LogP contribution in [0.3, 0.4) is 0 Å². The third-order valence-electron chi connectivity index (χ3n) is 3.15. The van der Waals surface area contributed by atoms with Gasteiger partial charge in [-0.2, -0.15) is 0 Å². The maximum atomic E-state index is 11.9. The molecule has 2 aromatic rings. The highest BCUT2D eigenvalue weighted by Crippen LogP contribution is 2.24. The van der Waals surface area contributed by atoms with Crippen molar-refractivity contribution in [3.05, 3.63) is 53.1 Å². The second kappa shape index (κ2) is 6.31. The molecule has 0 aromatic heterocycles. The molecule has 4 nitrogen and oxygen atoms in total. The number of hydrogen-bond acceptors (Lipinski definition) is 3. The van der Waals surface area contributed by atoms with Gasteiger partial charge in [0.1, 0.15) is 5.75 Å². The number of nitrogens with two attached hydrogens (primary N) is 1. The van der Waals surface area contributed by atoms with Crippen LogP contribution >= 0.6 is 0 Å². The maximum absolute atomic E-state index is 11.9. The topological polar surface area (TPSA) is 64.3 Å². The first-order valence-electron chi connectivity index (χ1n) is 6.82. The van der Waals surface area contributed by atoms with Crippen LogP contribution < -0.4 is 15.8 Å². The number of nitrogen functional groups attached to an aromatic ring is 1. The van der Waals surface area contributed by atoms with E-state index in [0.717, 1.165) is 16.9 Å². The lowest BCUT2D eigenvalue weighted by Gasteiger charge is -2.13. The Bertz CT molecular complexity index is 625. The van der Waals surface area contributed by atoms with Crippen molar-refractivity contribution in [2.24, 2.45) is 0 Å². The molecule has 0 saturated heterocycles. The van der Waals surface area contributed by atoms with E-state index >= 15 is 0 Å². The van der Waals surface area contributed by atoms with Crippen molar-refractivity contribution >= 4 is 17.3 Å². The molecule has 1 amide bonds. The molecule has 0 atom stereocenters. The van der Waals surface area contributed by atoms with Crippen molar-refractivity contribution in [2.75, 3.05) is 17.7 Å². The summed E-state index contributed by atoms with van der Waals surface area (Å²) in [6.45, 7) is 5.98. The number of nitrogens with one attached hydrogen (secondary N) is 1. The number of rotatable bonds is 4. The molecule has 21 heavy (non-hydrogen) atoms. The number of aryl methyl sites for hydroxylation is 3. The van der Waals surface area contributed by atoms with E-state index < -0.39 is 0 Å². The molecule has 4 heteroatoms. The quantitative estimate of drug-likeness (QED) is 0.847. The van der Waals surface area contributed by atoms with E-state index in [1.54, 1.807) is 24.3 Å². The zero-order valence-electron chi connectivity index (χ0n) is 12.6. The number of hydrogen-bond donors (Lipinski definition) is 2. The first-order valence-corrected chi connectivity index (χ1v) is 6.82. The van der Waals surface area contributed by atoms with Crippen LogP contribution in [-0.4, -0.2) is 12.5 Å².